The number of nitrogens with zero attached hydrogens (tertiary/aromatic N) is 4. The van der Waals surface area contributed by atoms with Crippen LogP contribution in [0.4, 0.5) is 0 Å². The van der Waals surface area contributed by atoms with Crippen LogP contribution in [0.3, 0.4) is 0 Å². The third kappa shape index (κ3) is 1.54. The van der Waals surface area contributed by atoms with Gasteiger partial charge in [-0.25, -0.2) is 0 Å². The highest BCUT2D eigenvalue weighted by molar-refractivity contribution is 5.07. The summed E-state index contributed by atoms with van der Waals surface area (Å²) in [6.45, 7) is 4.66. The van der Waals surface area contributed by atoms with Crippen molar-refractivity contribution >= 4 is 0 Å². The molecule has 4 heteroatoms. The highest BCUT2D eigenvalue weighted by Crippen LogP contribution is 2.39. The van der Waals surface area contributed by atoms with Crippen molar-refractivity contribution in [3.05, 3.63) is 11.6 Å². The van der Waals surface area contributed by atoms with Gasteiger partial charge in [-0.2, -0.15) is 0 Å². The second-order valence-corrected chi connectivity index (χ2v) is 6.29. The summed E-state index contributed by atoms with van der Waals surface area (Å²) >= 11 is 0. The van der Waals surface area contributed by atoms with E-state index in [4.69, 9.17) is 0 Å². The average molecular weight is 246 g/mol. The summed E-state index contributed by atoms with van der Waals surface area (Å²) in [6, 6.07) is 1.53. The van der Waals surface area contributed by atoms with E-state index < -0.39 is 0 Å². The Morgan fingerprint density at radius 1 is 1.06 bits per heavy atom. The summed E-state index contributed by atoms with van der Waals surface area (Å²) in [7, 11) is 0. The summed E-state index contributed by atoms with van der Waals surface area (Å²) in [5.74, 6) is 3.18. The SMILES string of the molecule is Cc1nnc2n1[C@H]1CN(C3CCCC3)C[C@H]1CC2. The molecule has 4 rings (SSSR count). The number of aromatic nitrogens is 3. The van der Waals surface area contributed by atoms with E-state index in [9.17, 15) is 0 Å². The van der Waals surface area contributed by atoms with Crippen molar-refractivity contribution in [2.45, 2.75) is 57.5 Å². The largest absolute Gasteiger partial charge is 0.310 e. The van der Waals surface area contributed by atoms with E-state index in [0.717, 1.165) is 24.2 Å². The van der Waals surface area contributed by atoms with Crippen LogP contribution >= 0.6 is 0 Å². The van der Waals surface area contributed by atoms with Crippen LogP contribution in [0.15, 0.2) is 0 Å². The van der Waals surface area contributed by atoms with Gasteiger partial charge in [-0.3, -0.25) is 4.90 Å². The highest BCUT2D eigenvalue weighted by atomic mass is 15.3. The second kappa shape index (κ2) is 4.05. The van der Waals surface area contributed by atoms with E-state index in [0.29, 0.717) is 6.04 Å². The predicted molar refractivity (Wildman–Crippen MR) is 69.4 cm³/mol. The van der Waals surface area contributed by atoms with Gasteiger partial charge in [-0.1, -0.05) is 12.8 Å². The Morgan fingerprint density at radius 2 is 1.89 bits per heavy atom. The molecule has 0 unspecified atom stereocenters. The fourth-order valence-corrected chi connectivity index (χ4v) is 4.36. The van der Waals surface area contributed by atoms with E-state index in [1.807, 2.05) is 0 Å². The molecule has 98 valence electrons. The maximum absolute atomic E-state index is 4.33. The number of aryl methyl sites for hydroxylation is 2. The summed E-state index contributed by atoms with van der Waals surface area (Å²) in [4.78, 5) is 2.76. The molecular formula is C14H22N4. The Balaban J connectivity index is 1.60. The van der Waals surface area contributed by atoms with Gasteiger partial charge in [0.1, 0.15) is 11.6 Å². The molecule has 2 fully saturated rings. The van der Waals surface area contributed by atoms with Crippen LogP contribution in [0.5, 0.6) is 0 Å². The molecule has 0 amide bonds. The zero-order valence-corrected chi connectivity index (χ0v) is 11.2. The summed E-state index contributed by atoms with van der Waals surface area (Å²) < 4.78 is 2.43. The molecular weight excluding hydrogens is 224 g/mol. The smallest absolute Gasteiger partial charge is 0.133 e. The molecule has 0 bridgehead atoms. The molecule has 0 N–H and O–H groups in total. The lowest BCUT2D eigenvalue weighted by molar-refractivity contribution is 0.234. The first kappa shape index (κ1) is 11.0. The van der Waals surface area contributed by atoms with Gasteiger partial charge < -0.3 is 4.57 Å². The number of fused-ring (bicyclic) bond motifs is 3. The Hall–Kier alpha value is -0.900. The predicted octanol–water partition coefficient (Wildman–Crippen LogP) is 1.95. The van der Waals surface area contributed by atoms with Gasteiger partial charge in [0, 0.05) is 25.6 Å². The number of rotatable bonds is 1. The van der Waals surface area contributed by atoms with Crippen LogP contribution in [-0.2, 0) is 6.42 Å². The number of hydrogen-bond donors (Lipinski definition) is 0. The lowest BCUT2D eigenvalue weighted by Gasteiger charge is -2.27. The Kier molecular flexibility index (Phi) is 2.47. The maximum Gasteiger partial charge on any atom is 0.133 e. The van der Waals surface area contributed by atoms with Crippen molar-refractivity contribution in [3.8, 4) is 0 Å². The zero-order valence-electron chi connectivity index (χ0n) is 11.2. The fraction of sp³-hybridized carbons (Fsp3) is 0.857. The molecule has 18 heavy (non-hydrogen) atoms. The quantitative estimate of drug-likeness (QED) is 0.759. The second-order valence-electron chi connectivity index (χ2n) is 6.29. The summed E-state index contributed by atoms with van der Waals surface area (Å²) in [5, 5.41) is 8.61. The van der Waals surface area contributed by atoms with E-state index >= 15 is 0 Å². The molecule has 0 aromatic carbocycles. The summed E-state index contributed by atoms with van der Waals surface area (Å²) in [6.07, 6.45) is 8.16. The molecule has 1 aliphatic carbocycles. The van der Waals surface area contributed by atoms with Gasteiger partial charge >= 0.3 is 0 Å². The highest BCUT2D eigenvalue weighted by Gasteiger charge is 2.41. The Labute approximate surface area is 108 Å². The maximum atomic E-state index is 4.33. The van der Waals surface area contributed by atoms with Crippen LogP contribution in [0.1, 0.15) is 49.8 Å². The van der Waals surface area contributed by atoms with Crippen molar-refractivity contribution in [3.63, 3.8) is 0 Å². The summed E-state index contributed by atoms with van der Waals surface area (Å²) in [5.41, 5.74) is 0. The normalized spacial score (nSPS) is 32.7. The van der Waals surface area contributed by atoms with Crippen molar-refractivity contribution in [2.24, 2.45) is 5.92 Å². The zero-order chi connectivity index (χ0) is 12.1. The third-order valence-corrected chi connectivity index (χ3v) is 5.28. The van der Waals surface area contributed by atoms with Crippen LogP contribution < -0.4 is 0 Å². The van der Waals surface area contributed by atoms with E-state index in [2.05, 4.69) is 26.6 Å². The standard InChI is InChI=1S/C14H22N4/c1-10-15-16-14-7-6-11-8-17(9-13(11)18(10)14)12-4-2-3-5-12/h11-13H,2-9H2,1H3/t11-,13+/m1/s1. The number of likely N-dealkylation sites (tertiary alicyclic amines) is 1. The first-order valence-corrected chi connectivity index (χ1v) is 7.47. The first-order chi connectivity index (χ1) is 8.83. The van der Waals surface area contributed by atoms with Gasteiger partial charge in [0.15, 0.2) is 0 Å². The molecule has 1 aromatic heterocycles. The lowest BCUT2D eigenvalue weighted by atomic mass is 9.94. The average Bonchev–Trinajstić information content (AvgIpc) is 3.05. The molecule has 3 aliphatic rings. The molecule has 1 saturated heterocycles. The van der Waals surface area contributed by atoms with E-state index in [-0.39, 0.29) is 0 Å². The van der Waals surface area contributed by atoms with Gasteiger partial charge in [0.25, 0.3) is 0 Å². The minimum Gasteiger partial charge on any atom is -0.310 e. The topological polar surface area (TPSA) is 34.0 Å². The Bertz CT molecular complexity index is 447. The van der Waals surface area contributed by atoms with E-state index in [1.165, 1.54) is 51.0 Å². The van der Waals surface area contributed by atoms with Crippen molar-refractivity contribution < 1.29 is 0 Å². The number of hydrogen-bond acceptors (Lipinski definition) is 3. The molecule has 2 aliphatic heterocycles. The molecule has 1 saturated carbocycles. The van der Waals surface area contributed by atoms with Crippen LogP contribution in [0, 0.1) is 12.8 Å². The molecule has 2 atom stereocenters. The monoisotopic (exact) mass is 246 g/mol. The third-order valence-electron chi connectivity index (χ3n) is 5.28. The van der Waals surface area contributed by atoms with Crippen molar-refractivity contribution in [1.82, 2.24) is 19.7 Å². The minimum absolute atomic E-state index is 0.657. The van der Waals surface area contributed by atoms with Crippen molar-refractivity contribution in [1.29, 1.82) is 0 Å². The van der Waals surface area contributed by atoms with Gasteiger partial charge in [-0.05, 0) is 32.1 Å². The molecule has 3 heterocycles. The van der Waals surface area contributed by atoms with Crippen LogP contribution in [0.25, 0.3) is 0 Å². The van der Waals surface area contributed by atoms with Crippen LogP contribution in [0.2, 0.25) is 0 Å². The lowest BCUT2D eigenvalue weighted by Crippen LogP contribution is -2.31. The van der Waals surface area contributed by atoms with Gasteiger partial charge in [-0.15, -0.1) is 10.2 Å². The van der Waals surface area contributed by atoms with Crippen molar-refractivity contribution in [2.75, 3.05) is 13.1 Å². The van der Waals surface area contributed by atoms with E-state index in [1.54, 1.807) is 0 Å². The Morgan fingerprint density at radius 3 is 2.72 bits per heavy atom. The molecule has 0 spiro atoms. The fourth-order valence-electron chi connectivity index (χ4n) is 4.36. The van der Waals surface area contributed by atoms with Crippen LogP contribution in [-0.4, -0.2) is 38.8 Å². The molecule has 1 aromatic rings. The van der Waals surface area contributed by atoms with Gasteiger partial charge in [0.05, 0.1) is 6.04 Å². The minimum atomic E-state index is 0.657. The first-order valence-electron chi connectivity index (χ1n) is 7.47. The molecule has 4 nitrogen and oxygen atoms in total. The molecule has 0 radical (unpaired) electrons. The van der Waals surface area contributed by atoms with Gasteiger partial charge in [0.2, 0.25) is 0 Å².